The van der Waals surface area contributed by atoms with E-state index in [1.54, 1.807) is 19.2 Å². The summed E-state index contributed by atoms with van der Waals surface area (Å²) in [4.78, 5) is 39.3. The number of nitro benzene ring substituents is 1. The van der Waals surface area contributed by atoms with Gasteiger partial charge in [0.25, 0.3) is 5.69 Å². The molecule has 166 valence electrons. The Bertz CT molecular complexity index is 1150. The first kappa shape index (κ1) is 22.0. The van der Waals surface area contributed by atoms with Gasteiger partial charge >= 0.3 is 0 Å². The first-order valence-electron chi connectivity index (χ1n) is 10.3. The number of carbonyl (C=O) groups excluding carboxylic acids is 2. The van der Waals surface area contributed by atoms with Crippen LogP contribution in [0.4, 0.5) is 11.4 Å². The van der Waals surface area contributed by atoms with Crippen molar-refractivity contribution in [1.29, 1.82) is 0 Å². The zero-order chi connectivity index (χ0) is 23.2. The fourth-order valence-corrected chi connectivity index (χ4v) is 4.81. The highest BCUT2D eigenvalue weighted by Crippen LogP contribution is 2.49. The van der Waals surface area contributed by atoms with E-state index in [4.69, 9.17) is 16.3 Å². The Balaban J connectivity index is 1.92. The molecule has 2 aromatic carbocycles. The van der Waals surface area contributed by atoms with Crippen molar-refractivity contribution >= 4 is 34.7 Å². The number of allylic oxidation sites excluding steroid dienone is 2. The van der Waals surface area contributed by atoms with Gasteiger partial charge in [-0.15, -0.1) is 0 Å². The number of Topliss-reactive ketones (excluding diaryl/α,β-unsaturated/α-hetero) is 1. The largest absolute Gasteiger partial charge is 0.497 e. The van der Waals surface area contributed by atoms with Crippen LogP contribution in [0.1, 0.15) is 44.6 Å². The number of nitro groups is 1. The summed E-state index contributed by atoms with van der Waals surface area (Å²) in [5.41, 5.74) is 1.42. The highest BCUT2D eigenvalue weighted by atomic mass is 35.5. The number of anilines is 1. The highest BCUT2D eigenvalue weighted by molar-refractivity contribution is 6.31. The molecule has 1 heterocycles. The van der Waals surface area contributed by atoms with E-state index in [9.17, 15) is 19.7 Å². The standard InChI is InChI=1S/C24H23ClN2O5/c1-24(2)12-20-23(21(28)13-24)17(14-4-7-16(32-3)8-5-14)11-22(29)26(20)18-9-6-15(25)10-19(18)27(30)31/h4-10,17H,11-13H2,1-3H3. The number of hydrogen-bond acceptors (Lipinski definition) is 5. The van der Waals surface area contributed by atoms with Crippen LogP contribution in [0.15, 0.2) is 53.7 Å². The second-order valence-corrected chi connectivity index (χ2v) is 9.39. The number of carbonyl (C=O) groups is 2. The molecule has 0 N–H and O–H groups in total. The Morgan fingerprint density at radius 1 is 1.12 bits per heavy atom. The molecule has 2 aromatic rings. The van der Waals surface area contributed by atoms with E-state index < -0.39 is 10.8 Å². The van der Waals surface area contributed by atoms with Crippen LogP contribution in [-0.4, -0.2) is 23.7 Å². The van der Waals surface area contributed by atoms with Gasteiger partial charge in [0, 0.05) is 41.1 Å². The molecule has 32 heavy (non-hydrogen) atoms. The molecule has 0 aromatic heterocycles. The quantitative estimate of drug-likeness (QED) is 0.454. The number of halogens is 1. The third-order valence-electron chi connectivity index (χ3n) is 6.04. The number of rotatable bonds is 4. The molecule has 0 fully saturated rings. The normalized spacial score (nSPS) is 20.2. The number of amides is 1. The molecular formula is C24H23ClN2O5. The van der Waals surface area contributed by atoms with E-state index in [0.29, 0.717) is 29.9 Å². The molecule has 8 heteroatoms. The van der Waals surface area contributed by atoms with Gasteiger partial charge in [0.05, 0.1) is 12.0 Å². The van der Waals surface area contributed by atoms with Gasteiger partial charge in [-0.05, 0) is 41.7 Å². The number of methoxy groups -OCH3 is 1. The molecule has 0 spiro atoms. The summed E-state index contributed by atoms with van der Waals surface area (Å²) in [7, 11) is 1.57. The van der Waals surface area contributed by atoms with Crippen molar-refractivity contribution < 1.29 is 19.2 Å². The average molecular weight is 455 g/mol. The lowest BCUT2D eigenvalue weighted by Crippen LogP contribution is -2.44. The molecule has 2 aliphatic rings. The third-order valence-corrected chi connectivity index (χ3v) is 6.27. The van der Waals surface area contributed by atoms with Gasteiger partial charge in [-0.25, -0.2) is 0 Å². The van der Waals surface area contributed by atoms with Crippen LogP contribution in [0.5, 0.6) is 5.75 Å². The van der Waals surface area contributed by atoms with Crippen molar-refractivity contribution in [2.24, 2.45) is 5.41 Å². The molecule has 1 unspecified atom stereocenters. The Labute approximate surface area is 190 Å². The van der Waals surface area contributed by atoms with Gasteiger partial charge in [0.15, 0.2) is 5.78 Å². The first-order valence-corrected chi connectivity index (χ1v) is 10.7. The second-order valence-electron chi connectivity index (χ2n) is 8.95. The van der Waals surface area contributed by atoms with Crippen molar-refractivity contribution in [2.75, 3.05) is 12.0 Å². The summed E-state index contributed by atoms with van der Waals surface area (Å²) >= 11 is 5.99. The molecule has 0 saturated heterocycles. The maximum Gasteiger partial charge on any atom is 0.294 e. The van der Waals surface area contributed by atoms with E-state index in [2.05, 4.69) is 0 Å². The molecule has 7 nitrogen and oxygen atoms in total. The van der Waals surface area contributed by atoms with Crippen molar-refractivity contribution in [3.05, 3.63) is 74.4 Å². The maximum atomic E-state index is 13.4. The van der Waals surface area contributed by atoms with Crippen LogP contribution in [0.3, 0.4) is 0 Å². The molecular weight excluding hydrogens is 432 g/mol. The molecule has 1 atom stereocenters. The SMILES string of the molecule is COc1ccc(C2CC(=O)N(c3ccc(Cl)cc3[N+](=O)[O-])C3=C2C(=O)CC(C)(C)C3)cc1. The van der Waals surface area contributed by atoms with E-state index in [-0.39, 0.29) is 39.9 Å². The lowest BCUT2D eigenvalue weighted by molar-refractivity contribution is -0.384. The summed E-state index contributed by atoms with van der Waals surface area (Å²) in [6.07, 6.45) is 0.840. The Morgan fingerprint density at radius 2 is 1.81 bits per heavy atom. The Hall–Kier alpha value is -3.19. The number of ketones is 1. The van der Waals surface area contributed by atoms with Gasteiger partial charge in [-0.1, -0.05) is 37.6 Å². The van der Waals surface area contributed by atoms with Gasteiger partial charge in [-0.2, -0.15) is 0 Å². The van der Waals surface area contributed by atoms with Crippen molar-refractivity contribution in [1.82, 2.24) is 0 Å². The molecule has 1 amide bonds. The van der Waals surface area contributed by atoms with Crippen molar-refractivity contribution in [2.45, 2.75) is 39.0 Å². The molecule has 1 aliphatic heterocycles. The fourth-order valence-electron chi connectivity index (χ4n) is 4.65. The van der Waals surface area contributed by atoms with Crippen LogP contribution in [0, 0.1) is 15.5 Å². The van der Waals surface area contributed by atoms with Crippen LogP contribution in [-0.2, 0) is 9.59 Å². The van der Waals surface area contributed by atoms with Crippen LogP contribution < -0.4 is 9.64 Å². The summed E-state index contributed by atoms with van der Waals surface area (Å²) in [6.45, 7) is 3.93. The van der Waals surface area contributed by atoms with E-state index >= 15 is 0 Å². The highest BCUT2D eigenvalue weighted by Gasteiger charge is 2.45. The zero-order valence-corrected chi connectivity index (χ0v) is 18.8. The summed E-state index contributed by atoms with van der Waals surface area (Å²) < 4.78 is 5.22. The van der Waals surface area contributed by atoms with E-state index in [0.717, 1.165) is 5.56 Å². The molecule has 0 bridgehead atoms. The lowest BCUT2D eigenvalue weighted by Gasteiger charge is -2.42. The molecule has 1 aliphatic carbocycles. The van der Waals surface area contributed by atoms with Crippen molar-refractivity contribution in [3.63, 3.8) is 0 Å². The minimum Gasteiger partial charge on any atom is -0.497 e. The topological polar surface area (TPSA) is 89.8 Å². The predicted octanol–water partition coefficient (Wildman–Crippen LogP) is 5.42. The third kappa shape index (κ3) is 3.88. The van der Waals surface area contributed by atoms with Crippen LogP contribution >= 0.6 is 11.6 Å². The number of hydrogen-bond donors (Lipinski definition) is 0. The zero-order valence-electron chi connectivity index (χ0n) is 18.1. The van der Waals surface area contributed by atoms with Gasteiger partial charge in [0.1, 0.15) is 11.4 Å². The molecule has 0 saturated carbocycles. The lowest BCUT2D eigenvalue weighted by atomic mass is 9.69. The number of nitrogens with zero attached hydrogens (tertiary/aromatic N) is 2. The first-order chi connectivity index (χ1) is 15.1. The Morgan fingerprint density at radius 3 is 2.44 bits per heavy atom. The summed E-state index contributed by atoms with van der Waals surface area (Å²) in [6, 6.07) is 11.5. The number of benzene rings is 2. The van der Waals surface area contributed by atoms with Gasteiger partial charge in [0.2, 0.25) is 5.91 Å². The van der Waals surface area contributed by atoms with Gasteiger partial charge < -0.3 is 4.74 Å². The second kappa shape index (κ2) is 8.06. The maximum absolute atomic E-state index is 13.4. The predicted molar refractivity (Wildman–Crippen MR) is 121 cm³/mol. The molecule has 0 radical (unpaired) electrons. The monoisotopic (exact) mass is 454 g/mol. The van der Waals surface area contributed by atoms with Crippen LogP contribution in [0.2, 0.25) is 5.02 Å². The van der Waals surface area contributed by atoms with E-state index in [1.165, 1.54) is 23.1 Å². The van der Waals surface area contributed by atoms with Gasteiger partial charge in [-0.3, -0.25) is 24.6 Å². The van der Waals surface area contributed by atoms with E-state index in [1.807, 2.05) is 26.0 Å². The molecule has 4 rings (SSSR count). The van der Waals surface area contributed by atoms with Crippen LogP contribution in [0.25, 0.3) is 0 Å². The fraction of sp³-hybridized carbons (Fsp3) is 0.333. The minimum atomic E-state index is -0.555. The van der Waals surface area contributed by atoms with Crippen molar-refractivity contribution in [3.8, 4) is 5.75 Å². The summed E-state index contributed by atoms with van der Waals surface area (Å²) in [5, 5.41) is 11.9. The minimum absolute atomic E-state index is 0.0359. The smallest absolute Gasteiger partial charge is 0.294 e. The average Bonchev–Trinajstić information content (AvgIpc) is 2.72. The summed E-state index contributed by atoms with van der Waals surface area (Å²) in [5.74, 6) is -0.0547. The Kier molecular flexibility index (Phi) is 5.54. The number of ether oxygens (including phenoxy) is 1.